The Morgan fingerprint density at radius 1 is 1.08 bits per heavy atom. The average Bonchev–Trinajstić information content (AvgIpc) is 2.88. The number of likely N-dealkylation sites (tertiary alicyclic amines) is 1. The highest BCUT2D eigenvalue weighted by molar-refractivity contribution is 6.46. The number of nitrogens with zero attached hydrogens (tertiary/aromatic N) is 1. The van der Waals surface area contributed by atoms with Gasteiger partial charge in [-0.25, -0.2) is 0 Å². The summed E-state index contributed by atoms with van der Waals surface area (Å²) in [7, 11) is 0. The number of ketones is 1. The van der Waals surface area contributed by atoms with Gasteiger partial charge in [-0.05, 0) is 24.6 Å². The lowest BCUT2D eigenvalue weighted by Gasteiger charge is -2.24. The molecule has 5 nitrogen and oxygen atoms in total. The van der Waals surface area contributed by atoms with Gasteiger partial charge in [0.1, 0.15) is 5.76 Å². The molecular formula is C20H18ClNO4. The molecule has 1 saturated heterocycles. The second-order valence-electron chi connectivity index (χ2n) is 6.13. The fraction of sp³-hybridized carbons (Fsp3) is 0.200. The molecule has 1 unspecified atom stereocenters. The molecule has 1 aliphatic heterocycles. The van der Waals surface area contributed by atoms with Crippen molar-refractivity contribution in [1.29, 1.82) is 0 Å². The van der Waals surface area contributed by atoms with Crippen LogP contribution in [0.25, 0.3) is 5.76 Å². The standard InChI is InChI=1S/C20H18ClNO4/c1-12-2-4-14(5-3-12)18(24)16-17(13-6-8-15(21)9-7-13)22(10-11-23)20(26)19(16)25/h2-9,17,23-24H,10-11H2,1H3/b18-16+. The summed E-state index contributed by atoms with van der Waals surface area (Å²) in [4.78, 5) is 26.3. The summed E-state index contributed by atoms with van der Waals surface area (Å²) < 4.78 is 0. The first-order chi connectivity index (χ1) is 12.4. The average molecular weight is 372 g/mol. The molecule has 0 spiro atoms. The number of halogens is 1. The summed E-state index contributed by atoms with van der Waals surface area (Å²) in [6.07, 6.45) is 0. The van der Waals surface area contributed by atoms with E-state index in [0.29, 0.717) is 16.1 Å². The van der Waals surface area contributed by atoms with Crippen LogP contribution in [0.4, 0.5) is 0 Å². The van der Waals surface area contributed by atoms with E-state index in [1.165, 1.54) is 4.90 Å². The molecule has 0 radical (unpaired) electrons. The summed E-state index contributed by atoms with van der Waals surface area (Å²) in [5.41, 5.74) is 2.11. The lowest BCUT2D eigenvalue weighted by molar-refractivity contribution is -0.140. The third-order valence-corrected chi connectivity index (χ3v) is 4.64. The summed E-state index contributed by atoms with van der Waals surface area (Å²) in [6, 6.07) is 13.0. The van der Waals surface area contributed by atoms with E-state index < -0.39 is 17.7 Å². The van der Waals surface area contributed by atoms with Crippen molar-refractivity contribution >= 4 is 29.1 Å². The van der Waals surface area contributed by atoms with E-state index in [0.717, 1.165) is 5.56 Å². The van der Waals surface area contributed by atoms with Crippen LogP contribution in [0, 0.1) is 6.92 Å². The molecule has 2 aromatic carbocycles. The van der Waals surface area contributed by atoms with Gasteiger partial charge in [-0.3, -0.25) is 9.59 Å². The molecule has 0 saturated carbocycles. The number of carbonyl (C=O) groups is 2. The van der Waals surface area contributed by atoms with Gasteiger partial charge in [-0.1, -0.05) is 53.6 Å². The monoisotopic (exact) mass is 371 g/mol. The Balaban J connectivity index is 2.17. The molecular weight excluding hydrogens is 354 g/mol. The van der Waals surface area contributed by atoms with E-state index in [2.05, 4.69) is 0 Å². The number of aliphatic hydroxyl groups is 2. The first-order valence-corrected chi connectivity index (χ1v) is 8.53. The maximum absolute atomic E-state index is 12.6. The molecule has 3 rings (SSSR count). The number of hydrogen-bond donors (Lipinski definition) is 2. The number of benzene rings is 2. The smallest absolute Gasteiger partial charge is 0.295 e. The van der Waals surface area contributed by atoms with Crippen molar-refractivity contribution < 1.29 is 19.8 Å². The maximum Gasteiger partial charge on any atom is 0.295 e. The first-order valence-electron chi connectivity index (χ1n) is 8.16. The Morgan fingerprint density at radius 2 is 1.69 bits per heavy atom. The van der Waals surface area contributed by atoms with Gasteiger partial charge >= 0.3 is 0 Å². The van der Waals surface area contributed by atoms with Crippen molar-refractivity contribution in [3.05, 3.63) is 75.8 Å². The number of rotatable bonds is 4. The third-order valence-electron chi connectivity index (χ3n) is 4.39. The van der Waals surface area contributed by atoms with Crippen LogP contribution in [0.1, 0.15) is 22.7 Å². The zero-order valence-electron chi connectivity index (χ0n) is 14.1. The van der Waals surface area contributed by atoms with Crippen molar-refractivity contribution in [3.63, 3.8) is 0 Å². The lowest BCUT2D eigenvalue weighted by Crippen LogP contribution is -2.32. The molecule has 0 aromatic heterocycles. The van der Waals surface area contributed by atoms with Crippen LogP contribution >= 0.6 is 11.6 Å². The molecule has 1 aliphatic rings. The Kier molecular flexibility index (Phi) is 5.11. The van der Waals surface area contributed by atoms with Crippen molar-refractivity contribution in [3.8, 4) is 0 Å². The fourth-order valence-corrected chi connectivity index (χ4v) is 3.20. The Hall–Kier alpha value is -2.63. The zero-order chi connectivity index (χ0) is 18.8. The van der Waals surface area contributed by atoms with Gasteiger partial charge in [0.25, 0.3) is 11.7 Å². The minimum atomic E-state index is -0.777. The number of aliphatic hydroxyl groups excluding tert-OH is 2. The third kappa shape index (κ3) is 3.23. The topological polar surface area (TPSA) is 77.8 Å². The number of β-amino-alcohol motifs (C(OH)–C–C–N with tert-alkyl or cyclic N) is 1. The van der Waals surface area contributed by atoms with E-state index in [9.17, 15) is 19.8 Å². The summed E-state index contributed by atoms with van der Waals surface area (Å²) in [6.45, 7) is 1.61. The van der Waals surface area contributed by atoms with Crippen molar-refractivity contribution in [2.24, 2.45) is 0 Å². The highest BCUT2D eigenvalue weighted by Gasteiger charge is 2.45. The predicted octanol–water partition coefficient (Wildman–Crippen LogP) is 3.06. The quantitative estimate of drug-likeness (QED) is 0.492. The largest absolute Gasteiger partial charge is 0.507 e. The second kappa shape index (κ2) is 7.32. The number of amides is 1. The minimum absolute atomic E-state index is 0.00891. The lowest BCUT2D eigenvalue weighted by atomic mass is 9.95. The van der Waals surface area contributed by atoms with Gasteiger partial charge in [0.05, 0.1) is 18.2 Å². The minimum Gasteiger partial charge on any atom is -0.507 e. The van der Waals surface area contributed by atoms with Crippen LogP contribution in [0.5, 0.6) is 0 Å². The van der Waals surface area contributed by atoms with E-state index in [1.54, 1.807) is 36.4 Å². The van der Waals surface area contributed by atoms with Gasteiger partial charge < -0.3 is 15.1 Å². The van der Waals surface area contributed by atoms with Crippen LogP contribution in [-0.2, 0) is 9.59 Å². The molecule has 1 atom stereocenters. The van der Waals surface area contributed by atoms with Gasteiger partial charge in [0.2, 0.25) is 0 Å². The molecule has 2 N–H and O–H groups in total. The summed E-state index contributed by atoms with van der Waals surface area (Å²) in [5, 5.41) is 20.6. The van der Waals surface area contributed by atoms with E-state index in [4.69, 9.17) is 11.6 Å². The van der Waals surface area contributed by atoms with Crippen LogP contribution in [0.15, 0.2) is 54.1 Å². The van der Waals surface area contributed by atoms with Gasteiger partial charge in [-0.15, -0.1) is 0 Å². The molecule has 2 aromatic rings. The Bertz CT molecular complexity index is 872. The number of hydrogen-bond acceptors (Lipinski definition) is 4. The summed E-state index contributed by atoms with van der Waals surface area (Å²) in [5.74, 6) is -1.74. The van der Waals surface area contributed by atoms with Crippen molar-refractivity contribution in [2.45, 2.75) is 13.0 Å². The van der Waals surface area contributed by atoms with Gasteiger partial charge in [-0.2, -0.15) is 0 Å². The van der Waals surface area contributed by atoms with Gasteiger partial charge in [0.15, 0.2) is 0 Å². The molecule has 134 valence electrons. The molecule has 26 heavy (non-hydrogen) atoms. The summed E-state index contributed by atoms with van der Waals surface area (Å²) >= 11 is 5.93. The predicted molar refractivity (Wildman–Crippen MR) is 98.7 cm³/mol. The Morgan fingerprint density at radius 3 is 2.27 bits per heavy atom. The number of aryl methyl sites for hydroxylation is 1. The normalized spacial score (nSPS) is 19.2. The molecule has 1 heterocycles. The maximum atomic E-state index is 12.6. The fourth-order valence-electron chi connectivity index (χ4n) is 3.08. The second-order valence-corrected chi connectivity index (χ2v) is 6.57. The number of Topliss-reactive ketones (excluding diaryl/α,β-unsaturated/α-hetero) is 1. The molecule has 6 heteroatoms. The highest BCUT2D eigenvalue weighted by atomic mass is 35.5. The van der Waals surface area contributed by atoms with Crippen LogP contribution < -0.4 is 0 Å². The number of carbonyl (C=O) groups excluding carboxylic acids is 2. The van der Waals surface area contributed by atoms with Gasteiger partial charge in [0, 0.05) is 17.1 Å². The van der Waals surface area contributed by atoms with Crippen LogP contribution in [-0.4, -0.2) is 40.0 Å². The molecule has 0 bridgehead atoms. The van der Waals surface area contributed by atoms with E-state index >= 15 is 0 Å². The van der Waals surface area contributed by atoms with Crippen molar-refractivity contribution in [1.82, 2.24) is 4.90 Å². The molecule has 1 fully saturated rings. The first kappa shape index (κ1) is 18.2. The SMILES string of the molecule is Cc1ccc(/C(O)=C2\C(=O)C(=O)N(CCO)C2c2ccc(Cl)cc2)cc1. The highest BCUT2D eigenvalue weighted by Crippen LogP contribution is 2.39. The zero-order valence-corrected chi connectivity index (χ0v) is 14.9. The van der Waals surface area contributed by atoms with Crippen molar-refractivity contribution in [2.75, 3.05) is 13.2 Å². The van der Waals surface area contributed by atoms with Crippen LogP contribution in [0.3, 0.4) is 0 Å². The van der Waals surface area contributed by atoms with Crippen LogP contribution in [0.2, 0.25) is 5.02 Å². The Labute approximate surface area is 156 Å². The molecule has 0 aliphatic carbocycles. The van der Waals surface area contributed by atoms with E-state index in [-0.39, 0.29) is 24.5 Å². The van der Waals surface area contributed by atoms with E-state index in [1.807, 2.05) is 19.1 Å². The molecule has 1 amide bonds.